The average Bonchev–Trinajstić information content (AvgIpc) is 2.63. The molecular formula is C22H21FO2S. The van der Waals surface area contributed by atoms with Crippen LogP contribution in [-0.2, 0) is 27.2 Å². The molecule has 0 unspecified atom stereocenters. The van der Waals surface area contributed by atoms with E-state index in [-0.39, 0.29) is 21.6 Å². The highest BCUT2D eigenvalue weighted by Crippen LogP contribution is 2.25. The molecule has 3 aromatic carbocycles. The van der Waals surface area contributed by atoms with Crippen molar-refractivity contribution in [1.29, 1.82) is 0 Å². The molecule has 3 rings (SSSR count). The molecule has 0 aliphatic rings. The number of rotatable bonds is 6. The van der Waals surface area contributed by atoms with Crippen LogP contribution >= 0.6 is 0 Å². The van der Waals surface area contributed by atoms with Crippen molar-refractivity contribution in [2.45, 2.75) is 23.3 Å². The fourth-order valence-electron chi connectivity index (χ4n) is 2.63. The zero-order valence-corrected chi connectivity index (χ0v) is 15.4. The first-order valence-electron chi connectivity index (χ1n) is 8.24. The molecule has 0 fully saturated rings. The predicted octanol–water partition coefficient (Wildman–Crippen LogP) is 1.99. The highest BCUT2D eigenvalue weighted by atomic mass is 32.2. The molecule has 0 spiro atoms. The van der Waals surface area contributed by atoms with Gasteiger partial charge in [0.1, 0.15) is 17.3 Å². The highest BCUT2D eigenvalue weighted by Gasteiger charge is 2.23. The minimum Gasteiger partial charge on any atom is -1.00 e. The van der Waals surface area contributed by atoms with Crippen molar-refractivity contribution in [3.63, 3.8) is 0 Å². The van der Waals surface area contributed by atoms with E-state index in [1.54, 1.807) is 0 Å². The van der Waals surface area contributed by atoms with Crippen LogP contribution in [0.2, 0.25) is 0 Å². The third-order valence-corrected chi connectivity index (χ3v) is 6.09. The van der Waals surface area contributed by atoms with E-state index in [2.05, 4.69) is 60.7 Å². The van der Waals surface area contributed by atoms with Gasteiger partial charge in [-0.15, -0.1) is 0 Å². The lowest BCUT2D eigenvalue weighted by Crippen LogP contribution is -3.00. The number of carbonyl (C=O) groups excluding carboxylic acids is 1. The van der Waals surface area contributed by atoms with E-state index in [1.165, 1.54) is 22.9 Å². The van der Waals surface area contributed by atoms with E-state index in [0.29, 0.717) is 5.75 Å². The summed E-state index contributed by atoms with van der Waals surface area (Å²) in [6, 6.07) is 29.1. The first-order valence-corrected chi connectivity index (χ1v) is 9.81. The Morgan fingerprint density at radius 3 is 1.65 bits per heavy atom. The van der Waals surface area contributed by atoms with Gasteiger partial charge in [0.2, 0.25) is 0 Å². The van der Waals surface area contributed by atoms with Gasteiger partial charge in [-0.1, -0.05) is 60.7 Å². The molecule has 0 saturated heterocycles. The smallest absolute Gasteiger partial charge is 0.308 e. The van der Waals surface area contributed by atoms with Crippen LogP contribution in [0.4, 0.5) is 0 Å². The number of hydrogen-bond donors (Lipinski definition) is 0. The number of ether oxygens (including phenoxy) is 1. The van der Waals surface area contributed by atoms with Crippen molar-refractivity contribution >= 4 is 16.9 Å². The Labute approximate surface area is 156 Å². The fraction of sp³-hybridized carbons (Fsp3) is 0.136. The second-order valence-corrected chi connectivity index (χ2v) is 7.85. The van der Waals surface area contributed by atoms with Crippen molar-refractivity contribution in [1.82, 2.24) is 0 Å². The summed E-state index contributed by atoms with van der Waals surface area (Å²) < 4.78 is 5.15. The molecule has 0 radical (unpaired) electrons. The minimum atomic E-state index is -0.291. The Morgan fingerprint density at radius 2 is 1.23 bits per heavy atom. The molecule has 0 aliphatic carbocycles. The van der Waals surface area contributed by atoms with Crippen LogP contribution in [0, 0.1) is 0 Å². The summed E-state index contributed by atoms with van der Waals surface area (Å²) in [7, 11) is 0.0487. The van der Waals surface area contributed by atoms with Gasteiger partial charge in [0.15, 0.2) is 4.90 Å². The fourth-order valence-corrected chi connectivity index (χ4v) is 4.78. The number of benzene rings is 3. The maximum Gasteiger partial charge on any atom is 0.308 e. The van der Waals surface area contributed by atoms with E-state index in [1.807, 2.05) is 24.3 Å². The monoisotopic (exact) mass is 368 g/mol. The van der Waals surface area contributed by atoms with E-state index >= 15 is 0 Å². The van der Waals surface area contributed by atoms with Crippen molar-refractivity contribution in [2.75, 3.05) is 0 Å². The summed E-state index contributed by atoms with van der Waals surface area (Å²) in [6.07, 6.45) is 0. The van der Waals surface area contributed by atoms with Gasteiger partial charge in [0, 0.05) is 28.9 Å². The minimum absolute atomic E-state index is 0. The second-order valence-electron chi connectivity index (χ2n) is 5.82. The summed E-state index contributed by atoms with van der Waals surface area (Å²) in [4.78, 5) is 12.4. The second kappa shape index (κ2) is 9.78. The molecule has 0 amide bonds. The maximum absolute atomic E-state index is 11.1. The van der Waals surface area contributed by atoms with Gasteiger partial charge in [-0.05, 0) is 24.3 Å². The van der Waals surface area contributed by atoms with Crippen LogP contribution in [0.1, 0.15) is 18.1 Å². The molecule has 0 aliphatic heterocycles. The van der Waals surface area contributed by atoms with Gasteiger partial charge in [0.05, 0.1) is 0 Å². The van der Waals surface area contributed by atoms with E-state index < -0.39 is 0 Å². The quantitative estimate of drug-likeness (QED) is 0.378. The lowest BCUT2D eigenvalue weighted by molar-refractivity contribution is -0.131. The first kappa shape index (κ1) is 19.7. The van der Waals surface area contributed by atoms with Crippen LogP contribution in [0.3, 0.4) is 0 Å². The molecule has 0 aromatic heterocycles. The van der Waals surface area contributed by atoms with Crippen molar-refractivity contribution in [3.05, 3.63) is 96.1 Å². The standard InChI is InChI=1S/C22H21O2S.FH/c1-18(23)24-21-12-14-22(15-13-21)25(16-19-8-4-2-5-9-19)17-20-10-6-3-7-11-20;/h2-15H,16-17H2,1H3;1H/q+1;/p-1. The lowest BCUT2D eigenvalue weighted by atomic mass is 10.2. The Bertz CT molecular complexity index is 763. The van der Waals surface area contributed by atoms with E-state index in [4.69, 9.17) is 4.74 Å². The van der Waals surface area contributed by atoms with Crippen molar-refractivity contribution in [2.24, 2.45) is 0 Å². The van der Waals surface area contributed by atoms with E-state index in [0.717, 1.165) is 11.5 Å². The largest absolute Gasteiger partial charge is 1.00 e. The molecule has 0 heterocycles. The van der Waals surface area contributed by atoms with Crippen molar-refractivity contribution in [3.8, 4) is 5.75 Å². The molecule has 0 N–H and O–H groups in total. The van der Waals surface area contributed by atoms with Crippen molar-refractivity contribution < 1.29 is 14.2 Å². The molecular weight excluding hydrogens is 347 g/mol. The SMILES string of the molecule is CC(=O)Oc1ccc([S+](Cc2ccccc2)Cc2ccccc2)cc1.[F-]. The summed E-state index contributed by atoms with van der Waals surface area (Å²) >= 11 is 0. The van der Waals surface area contributed by atoms with Gasteiger partial charge in [-0.2, -0.15) is 0 Å². The average molecular weight is 368 g/mol. The summed E-state index contributed by atoms with van der Waals surface area (Å²) in [5.74, 6) is 2.31. The number of esters is 1. The molecule has 0 saturated carbocycles. The third kappa shape index (κ3) is 5.74. The highest BCUT2D eigenvalue weighted by molar-refractivity contribution is 7.95. The van der Waals surface area contributed by atoms with E-state index in [9.17, 15) is 4.79 Å². The number of hydrogen-bond acceptors (Lipinski definition) is 2. The van der Waals surface area contributed by atoms with Crippen LogP contribution in [0.15, 0.2) is 89.8 Å². The third-order valence-electron chi connectivity index (χ3n) is 3.79. The predicted molar refractivity (Wildman–Crippen MR) is 104 cm³/mol. The van der Waals surface area contributed by atoms with Crippen LogP contribution in [-0.4, -0.2) is 5.97 Å². The summed E-state index contributed by atoms with van der Waals surface area (Å²) in [5, 5.41) is 0. The Balaban J connectivity index is 0.00000243. The zero-order chi connectivity index (χ0) is 17.5. The van der Waals surface area contributed by atoms with Crippen LogP contribution < -0.4 is 9.44 Å². The first-order chi connectivity index (χ1) is 12.2. The Morgan fingerprint density at radius 1 is 0.769 bits per heavy atom. The Kier molecular flexibility index (Phi) is 7.42. The van der Waals surface area contributed by atoms with Gasteiger partial charge in [-0.25, -0.2) is 0 Å². The molecule has 4 heteroatoms. The molecule has 0 bridgehead atoms. The van der Waals surface area contributed by atoms with Gasteiger partial charge in [0.25, 0.3) is 0 Å². The number of carbonyl (C=O) groups is 1. The molecule has 0 atom stereocenters. The molecule has 26 heavy (non-hydrogen) atoms. The molecule has 2 nitrogen and oxygen atoms in total. The normalized spacial score (nSPS) is 10.2. The summed E-state index contributed by atoms with van der Waals surface area (Å²) in [5.41, 5.74) is 2.68. The lowest BCUT2D eigenvalue weighted by Gasteiger charge is -2.10. The molecule has 3 aromatic rings. The van der Waals surface area contributed by atoms with Gasteiger partial charge in [-0.3, -0.25) is 4.79 Å². The zero-order valence-electron chi connectivity index (χ0n) is 14.6. The van der Waals surface area contributed by atoms with Crippen LogP contribution in [0.5, 0.6) is 5.75 Å². The van der Waals surface area contributed by atoms with Gasteiger partial charge < -0.3 is 9.44 Å². The van der Waals surface area contributed by atoms with Gasteiger partial charge >= 0.3 is 5.97 Å². The maximum atomic E-state index is 11.1. The molecule has 134 valence electrons. The van der Waals surface area contributed by atoms with Crippen LogP contribution in [0.25, 0.3) is 0 Å². The number of halogens is 1. The topological polar surface area (TPSA) is 26.3 Å². The summed E-state index contributed by atoms with van der Waals surface area (Å²) in [6.45, 7) is 1.42. The Hall–Kier alpha value is -2.59.